The van der Waals surface area contributed by atoms with Gasteiger partial charge in [0.05, 0.1) is 11.1 Å². The zero-order chi connectivity index (χ0) is 17.8. The summed E-state index contributed by atoms with van der Waals surface area (Å²) in [5, 5.41) is 9.74. The smallest absolute Gasteiger partial charge is 0.435 e. The van der Waals surface area contributed by atoms with Gasteiger partial charge in [-0.1, -0.05) is 15.9 Å². The predicted octanol–water partition coefficient (Wildman–Crippen LogP) is 5.05. The van der Waals surface area contributed by atoms with Gasteiger partial charge < -0.3 is 5.11 Å². The highest BCUT2D eigenvalue weighted by Crippen LogP contribution is 2.50. The Bertz CT molecular complexity index is 735. The monoisotopic (exact) mass is 392 g/mol. The molecule has 23 heavy (non-hydrogen) atoms. The second-order valence-corrected chi connectivity index (χ2v) is 7.05. The fraction of sp³-hybridized carbons (Fsp3) is 0.333. The third-order valence-corrected chi connectivity index (χ3v) is 4.54. The third kappa shape index (κ3) is 2.40. The molecule has 1 aliphatic heterocycles. The van der Waals surface area contributed by atoms with Crippen molar-refractivity contribution in [2.24, 2.45) is 0 Å². The number of alkyl halides is 3. The van der Waals surface area contributed by atoms with Crippen molar-refractivity contribution in [3.63, 3.8) is 0 Å². The van der Waals surface area contributed by atoms with Gasteiger partial charge >= 0.3 is 12.3 Å². The van der Waals surface area contributed by atoms with Gasteiger partial charge in [-0.05, 0) is 26.8 Å². The fourth-order valence-corrected chi connectivity index (χ4v) is 3.56. The summed E-state index contributed by atoms with van der Waals surface area (Å²) in [6, 6.07) is 1.19. The summed E-state index contributed by atoms with van der Waals surface area (Å²) in [7, 11) is 0. The van der Waals surface area contributed by atoms with Crippen LogP contribution in [0.25, 0.3) is 6.08 Å². The van der Waals surface area contributed by atoms with Gasteiger partial charge in [0.2, 0.25) is 0 Å². The van der Waals surface area contributed by atoms with Crippen LogP contribution in [0.1, 0.15) is 42.3 Å². The Labute approximate surface area is 138 Å². The van der Waals surface area contributed by atoms with Crippen molar-refractivity contribution in [2.75, 3.05) is 0 Å². The van der Waals surface area contributed by atoms with E-state index in [1.165, 1.54) is 18.3 Å². The van der Waals surface area contributed by atoms with Crippen molar-refractivity contribution in [3.8, 4) is 0 Å². The van der Waals surface area contributed by atoms with Gasteiger partial charge in [-0.3, -0.25) is 4.79 Å². The van der Waals surface area contributed by atoms with Crippen LogP contribution < -0.4 is 4.48 Å². The Morgan fingerprint density at radius 1 is 1.30 bits per heavy atom. The molecule has 0 spiro atoms. The van der Waals surface area contributed by atoms with Crippen molar-refractivity contribution < 1.29 is 27.9 Å². The standard InChI is InChI=1S/C15H13BrF3NO3/c1-14(2,3)20(13(22)23)5-4-8-6-10(16)11(15(17,18)19)9(7-21)12(8)20/h4-7H,1-3H3/p+1. The first kappa shape index (κ1) is 17.7. The molecule has 0 aromatic heterocycles. The molecule has 1 atom stereocenters. The molecule has 1 N–H and O–H groups in total. The molecule has 1 heterocycles. The van der Waals surface area contributed by atoms with Gasteiger partial charge in [0.1, 0.15) is 11.7 Å². The lowest BCUT2D eigenvalue weighted by molar-refractivity contribution is -0.138. The summed E-state index contributed by atoms with van der Waals surface area (Å²) in [5.74, 6) is 0. The molecule has 0 radical (unpaired) electrons. The molecule has 1 aromatic rings. The molecular weight excluding hydrogens is 379 g/mol. The number of carbonyl (C=O) groups is 2. The molecule has 0 saturated heterocycles. The maximum absolute atomic E-state index is 13.4. The summed E-state index contributed by atoms with van der Waals surface area (Å²) in [5.41, 5.74) is -2.73. The molecule has 1 amide bonds. The number of hydrogen-bond acceptors (Lipinski definition) is 2. The first-order chi connectivity index (χ1) is 10.4. The third-order valence-electron chi connectivity index (χ3n) is 3.91. The number of fused-ring (bicyclic) bond motifs is 1. The second kappa shape index (κ2) is 5.17. The minimum atomic E-state index is -4.79. The van der Waals surface area contributed by atoms with E-state index in [9.17, 15) is 27.9 Å². The number of hydrogen-bond donors (Lipinski definition) is 1. The molecule has 0 aliphatic carbocycles. The van der Waals surface area contributed by atoms with Gasteiger partial charge in [0.15, 0.2) is 12.0 Å². The van der Waals surface area contributed by atoms with Crippen molar-refractivity contribution >= 4 is 40.1 Å². The number of benzene rings is 1. The molecule has 1 unspecified atom stereocenters. The normalized spacial score (nSPS) is 20.5. The molecule has 0 bridgehead atoms. The van der Waals surface area contributed by atoms with Crippen LogP contribution in [0.4, 0.5) is 23.7 Å². The number of halogens is 4. The predicted molar refractivity (Wildman–Crippen MR) is 83.1 cm³/mol. The number of quaternary nitrogens is 1. The fourth-order valence-electron chi connectivity index (χ4n) is 2.88. The van der Waals surface area contributed by atoms with Crippen LogP contribution in [0.15, 0.2) is 16.7 Å². The van der Waals surface area contributed by atoms with Crippen molar-refractivity contribution in [3.05, 3.63) is 33.4 Å². The number of nitrogens with zero attached hydrogens (tertiary/aromatic N) is 1. The topological polar surface area (TPSA) is 54.4 Å². The lowest BCUT2D eigenvalue weighted by Gasteiger charge is -2.39. The maximum atomic E-state index is 13.4. The Morgan fingerprint density at radius 2 is 1.87 bits per heavy atom. The first-order valence-corrected chi connectivity index (χ1v) is 7.38. The van der Waals surface area contributed by atoms with Crippen LogP contribution in [0.2, 0.25) is 0 Å². The van der Waals surface area contributed by atoms with Crippen LogP contribution in [-0.2, 0) is 6.18 Å². The van der Waals surface area contributed by atoms with E-state index >= 15 is 0 Å². The SMILES string of the molecule is CC(C)(C)[N+]1(C(=O)O)C=Cc2cc(Br)c(C(F)(F)F)c(C=O)c21. The Morgan fingerprint density at radius 3 is 2.26 bits per heavy atom. The van der Waals surface area contributed by atoms with Crippen molar-refractivity contribution in [2.45, 2.75) is 32.5 Å². The summed E-state index contributed by atoms with van der Waals surface area (Å²) >= 11 is 2.84. The minimum absolute atomic E-state index is 0.0705. The Hall–Kier alpha value is -1.67. The van der Waals surface area contributed by atoms with Gasteiger partial charge in [-0.15, -0.1) is 0 Å². The number of carbonyl (C=O) groups excluding carboxylic acids is 1. The van der Waals surface area contributed by atoms with Crippen LogP contribution in [-0.4, -0.2) is 23.0 Å². The summed E-state index contributed by atoms with van der Waals surface area (Å²) in [4.78, 5) is 23.4. The Balaban J connectivity index is 2.99. The van der Waals surface area contributed by atoms with Crippen LogP contribution >= 0.6 is 15.9 Å². The number of amides is 1. The Kier molecular flexibility index (Phi) is 3.97. The van der Waals surface area contributed by atoms with E-state index in [1.807, 2.05) is 0 Å². The van der Waals surface area contributed by atoms with E-state index < -0.39 is 33.4 Å². The van der Waals surface area contributed by atoms with Gasteiger partial charge in [-0.2, -0.15) is 22.4 Å². The van der Waals surface area contributed by atoms with Crippen molar-refractivity contribution in [1.29, 1.82) is 0 Å². The van der Waals surface area contributed by atoms with E-state index in [4.69, 9.17) is 0 Å². The lowest BCUT2D eigenvalue weighted by Crippen LogP contribution is -2.60. The summed E-state index contributed by atoms with van der Waals surface area (Å²) < 4.78 is 38.9. The van der Waals surface area contributed by atoms with Gasteiger partial charge in [0.25, 0.3) is 0 Å². The summed E-state index contributed by atoms with van der Waals surface area (Å²) in [6.45, 7) is 4.76. The number of carboxylic acid groups (broad SMARTS) is 1. The first-order valence-electron chi connectivity index (χ1n) is 6.59. The van der Waals surface area contributed by atoms with E-state index in [-0.39, 0.29) is 22.0 Å². The molecule has 1 aliphatic rings. The molecule has 1 aromatic carbocycles. The average Bonchev–Trinajstić information content (AvgIpc) is 2.75. The zero-order valence-electron chi connectivity index (χ0n) is 12.5. The molecule has 0 saturated carbocycles. The van der Waals surface area contributed by atoms with E-state index in [0.717, 1.165) is 0 Å². The maximum Gasteiger partial charge on any atom is 0.523 e. The molecule has 2 rings (SSSR count). The highest BCUT2D eigenvalue weighted by Gasteiger charge is 2.55. The van der Waals surface area contributed by atoms with Crippen molar-refractivity contribution in [1.82, 2.24) is 4.48 Å². The molecule has 124 valence electrons. The van der Waals surface area contributed by atoms with E-state index in [2.05, 4.69) is 15.9 Å². The molecule has 0 fully saturated rings. The molecule has 8 heteroatoms. The highest BCUT2D eigenvalue weighted by molar-refractivity contribution is 9.10. The van der Waals surface area contributed by atoms with E-state index in [0.29, 0.717) is 0 Å². The minimum Gasteiger partial charge on any atom is -0.435 e. The number of aldehydes is 1. The second-order valence-electron chi connectivity index (χ2n) is 6.19. The average molecular weight is 393 g/mol. The van der Waals surface area contributed by atoms with Gasteiger partial charge in [0, 0.05) is 16.1 Å². The molecule has 4 nitrogen and oxygen atoms in total. The van der Waals surface area contributed by atoms with Gasteiger partial charge in [-0.25, -0.2) is 0 Å². The molecular formula is C15H14BrF3NO3+. The quantitative estimate of drug-likeness (QED) is 0.537. The largest absolute Gasteiger partial charge is 0.523 e. The van der Waals surface area contributed by atoms with Crippen LogP contribution in [0, 0.1) is 0 Å². The number of rotatable bonds is 1. The van der Waals surface area contributed by atoms with Crippen LogP contribution in [0.5, 0.6) is 0 Å². The van der Waals surface area contributed by atoms with Crippen LogP contribution in [0.3, 0.4) is 0 Å². The van der Waals surface area contributed by atoms with E-state index in [1.54, 1.807) is 20.8 Å². The zero-order valence-corrected chi connectivity index (χ0v) is 14.1. The summed E-state index contributed by atoms with van der Waals surface area (Å²) in [6.07, 6.45) is -3.36. The lowest BCUT2D eigenvalue weighted by atomic mass is 9.96. The highest BCUT2D eigenvalue weighted by atomic mass is 79.9.